The van der Waals surface area contributed by atoms with Crippen LogP contribution in [0.2, 0.25) is 0 Å². The van der Waals surface area contributed by atoms with Crippen molar-refractivity contribution in [3.8, 4) is 0 Å². The van der Waals surface area contributed by atoms with Crippen LogP contribution in [0.25, 0.3) is 11.2 Å². The molecule has 0 atom stereocenters. The van der Waals surface area contributed by atoms with E-state index in [2.05, 4.69) is 65.1 Å². The lowest BCUT2D eigenvalue weighted by molar-refractivity contribution is 1.19. The van der Waals surface area contributed by atoms with E-state index in [9.17, 15) is 0 Å². The Morgan fingerprint density at radius 2 is 1.92 bits per heavy atom. The van der Waals surface area contributed by atoms with Gasteiger partial charge in [0.05, 0.1) is 0 Å². The van der Waals surface area contributed by atoms with Gasteiger partial charge in [-0.15, -0.1) is 0 Å². The molecule has 0 aliphatic carbocycles. The molecule has 12 heavy (non-hydrogen) atoms. The molecule has 0 unspecified atom stereocenters. The average molecular weight is 387 g/mol. The SMILES string of the molecule is Nc1nc(I)c2[nH]c(I)nc2n1. The van der Waals surface area contributed by atoms with Crippen molar-refractivity contribution >= 4 is 62.3 Å². The highest BCUT2D eigenvalue weighted by Gasteiger charge is 2.07. The molecule has 0 radical (unpaired) electrons. The Morgan fingerprint density at radius 3 is 2.67 bits per heavy atom. The smallest absolute Gasteiger partial charge is 0.223 e. The first-order chi connectivity index (χ1) is 5.66. The summed E-state index contributed by atoms with van der Waals surface area (Å²) < 4.78 is 1.59. The predicted octanol–water partition coefficient (Wildman–Crippen LogP) is 1.14. The fraction of sp³-hybridized carbons (Fsp3) is 0. The van der Waals surface area contributed by atoms with E-state index < -0.39 is 0 Å². The Morgan fingerprint density at radius 1 is 1.17 bits per heavy atom. The molecule has 0 saturated heterocycles. The van der Waals surface area contributed by atoms with Crippen molar-refractivity contribution in [2.45, 2.75) is 0 Å². The number of nitrogens with zero attached hydrogens (tertiary/aromatic N) is 3. The number of nitrogens with two attached hydrogens (primary N) is 1. The van der Waals surface area contributed by atoms with Gasteiger partial charge in [-0.3, -0.25) is 0 Å². The summed E-state index contributed by atoms with van der Waals surface area (Å²) in [5, 5.41) is 0. The van der Waals surface area contributed by atoms with E-state index in [1.807, 2.05) is 0 Å². The van der Waals surface area contributed by atoms with Crippen LogP contribution in [0.3, 0.4) is 0 Å². The second kappa shape index (κ2) is 2.94. The molecule has 0 spiro atoms. The summed E-state index contributed by atoms with van der Waals surface area (Å²) in [5.41, 5.74) is 6.91. The predicted molar refractivity (Wildman–Crippen MR) is 61.5 cm³/mol. The first-order valence-corrected chi connectivity index (χ1v) is 5.17. The minimum Gasteiger partial charge on any atom is -0.368 e. The van der Waals surface area contributed by atoms with Crippen molar-refractivity contribution in [1.82, 2.24) is 19.9 Å². The van der Waals surface area contributed by atoms with Crippen molar-refractivity contribution in [2.24, 2.45) is 0 Å². The van der Waals surface area contributed by atoms with Crippen LogP contribution < -0.4 is 5.73 Å². The third kappa shape index (κ3) is 1.34. The maximum absolute atomic E-state index is 5.45. The summed E-state index contributed by atoms with van der Waals surface area (Å²) in [6, 6.07) is 0. The third-order valence-electron chi connectivity index (χ3n) is 1.30. The van der Waals surface area contributed by atoms with Crippen molar-refractivity contribution < 1.29 is 0 Å². The second-order valence-electron chi connectivity index (χ2n) is 2.10. The molecule has 7 heteroatoms. The fourth-order valence-corrected chi connectivity index (χ4v) is 1.97. The molecule has 0 bridgehead atoms. The van der Waals surface area contributed by atoms with Crippen LogP contribution in [0.4, 0.5) is 5.95 Å². The molecule has 2 rings (SSSR count). The van der Waals surface area contributed by atoms with Crippen LogP contribution in [0, 0.1) is 7.53 Å². The maximum Gasteiger partial charge on any atom is 0.223 e. The number of rotatable bonds is 0. The normalized spacial score (nSPS) is 10.8. The average Bonchev–Trinajstić information content (AvgIpc) is 2.29. The van der Waals surface area contributed by atoms with Gasteiger partial charge in [-0.1, -0.05) is 0 Å². The zero-order valence-corrected chi connectivity index (χ0v) is 9.99. The van der Waals surface area contributed by atoms with Gasteiger partial charge >= 0.3 is 0 Å². The highest BCUT2D eigenvalue weighted by Crippen LogP contribution is 2.16. The molecule has 2 aromatic heterocycles. The van der Waals surface area contributed by atoms with E-state index in [0.717, 1.165) is 13.0 Å². The molecule has 62 valence electrons. The maximum atomic E-state index is 5.45. The number of hydrogen-bond acceptors (Lipinski definition) is 4. The summed E-state index contributed by atoms with van der Waals surface area (Å²) in [6.07, 6.45) is 0. The van der Waals surface area contributed by atoms with Crippen LogP contribution in [0.15, 0.2) is 0 Å². The minimum absolute atomic E-state index is 0.259. The van der Waals surface area contributed by atoms with Gasteiger partial charge in [-0.25, -0.2) is 9.97 Å². The van der Waals surface area contributed by atoms with Crippen LogP contribution in [-0.4, -0.2) is 19.9 Å². The largest absolute Gasteiger partial charge is 0.368 e. The standard InChI is InChI=1S/C5H3I2N5/c6-2-1-3(11-4(7)9-1)12-5(8)10-2/h(H3,8,9,10,11,12). The number of hydrogen-bond donors (Lipinski definition) is 2. The first-order valence-electron chi connectivity index (χ1n) is 3.01. The van der Waals surface area contributed by atoms with E-state index in [1.54, 1.807) is 0 Å². The first kappa shape index (κ1) is 8.41. The molecule has 0 aliphatic heterocycles. The van der Waals surface area contributed by atoms with Gasteiger partial charge in [-0.2, -0.15) is 4.98 Å². The summed E-state index contributed by atoms with van der Waals surface area (Å²) >= 11 is 4.17. The zero-order valence-electron chi connectivity index (χ0n) is 5.67. The molecule has 0 aliphatic rings. The quantitative estimate of drug-likeness (QED) is 0.404. The number of H-pyrrole nitrogens is 1. The van der Waals surface area contributed by atoms with Crippen molar-refractivity contribution in [1.29, 1.82) is 0 Å². The molecule has 2 heterocycles. The number of imidazole rings is 1. The number of aromatic nitrogens is 4. The van der Waals surface area contributed by atoms with E-state index >= 15 is 0 Å². The highest BCUT2D eigenvalue weighted by atomic mass is 127. The molecular formula is C5H3I2N5. The summed E-state index contributed by atoms with van der Waals surface area (Å²) in [6.45, 7) is 0. The number of nitrogen functional groups attached to an aromatic ring is 1. The second-order valence-corrected chi connectivity index (χ2v) is 4.14. The monoisotopic (exact) mass is 387 g/mol. The van der Waals surface area contributed by atoms with E-state index in [-0.39, 0.29) is 5.95 Å². The van der Waals surface area contributed by atoms with Gasteiger partial charge in [0.1, 0.15) is 9.22 Å². The summed E-state index contributed by atoms with van der Waals surface area (Å²) in [5.74, 6) is 0.259. The van der Waals surface area contributed by atoms with Crippen LogP contribution in [0.5, 0.6) is 0 Å². The van der Waals surface area contributed by atoms with Crippen molar-refractivity contribution in [3.63, 3.8) is 0 Å². The molecular weight excluding hydrogens is 384 g/mol. The number of aromatic amines is 1. The minimum atomic E-state index is 0.259. The Kier molecular flexibility index (Phi) is 2.06. The van der Waals surface area contributed by atoms with Crippen molar-refractivity contribution in [2.75, 3.05) is 5.73 Å². The zero-order chi connectivity index (χ0) is 8.72. The number of halogens is 2. The molecule has 3 N–H and O–H groups in total. The van der Waals surface area contributed by atoms with Gasteiger partial charge in [-0.05, 0) is 45.2 Å². The summed E-state index contributed by atoms with van der Waals surface area (Å²) in [4.78, 5) is 15.1. The van der Waals surface area contributed by atoms with E-state index in [0.29, 0.717) is 5.65 Å². The van der Waals surface area contributed by atoms with Crippen LogP contribution in [-0.2, 0) is 0 Å². The lowest BCUT2D eigenvalue weighted by atomic mass is 10.6. The highest BCUT2D eigenvalue weighted by molar-refractivity contribution is 14.1. The van der Waals surface area contributed by atoms with Gasteiger partial charge in [0, 0.05) is 0 Å². The molecule has 0 saturated carbocycles. The van der Waals surface area contributed by atoms with Crippen LogP contribution in [0.1, 0.15) is 0 Å². The molecule has 0 fully saturated rings. The van der Waals surface area contributed by atoms with Gasteiger partial charge < -0.3 is 10.7 Å². The van der Waals surface area contributed by atoms with E-state index in [1.165, 1.54) is 0 Å². The van der Waals surface area contributed by atoms with Crippen molar-refractivity contribution in [3.05, 3.63) is 7.53 Å². The number of anilines is 1. The Bertz CT molecular complexity index is 437. The Labute approximate surface area is 94.8 Å². The third-order valence-corrected chi connectivity index (χ3v) is 2.59. The molecule has 2 aromatic rings. The number of nitrogens with one attached hydrogen (secondary N) is 1. The molecule has 5 nitrogen and oxygen atoms in total. The van der Waals surface area contributed by atoms with E-state index in [4.69, 9.17) is 5.73 Å². The van der Waals surface area contributed by atoms with Gasteiger partial charge in [0.15, 0.2) is 9.48 Å². The molecule has 0 amide bonds. The van der Waals surface area contributed by atoms with Gasteiger partial charge in [0.25, 0.3) is 0 Å². The lowest BCUT2D eigenvalue weighted by Gasteiger charge is -1.92. The fourth-order valence-electron chi connectivity index (χ4n) is 0.851. The Hall–Kier alpha value is -0.190. The topological polar surface area (TPSA) is 80.5 Å². The number of fused-ring (bicyclic) bond motifs is 1. The Balaban J connectivity index is 2.88. The van der Waals surface area contributed by atoms with Gasteiger partial charge in [0.2, 0.25) is 5.95 Å². The molecule has 0 aromatic carbocycles. The van der Waals surface area contributed by atoms with Crippen LogP contribution >= 0.6 is 45.2 Å². The summed E-state index contributed by atoms with van der Waals surface area (Å²) in [7, 11) is 0. The lowest BCUT2D eigenvalue weighted by Crippen LogP contribution is -1.96.